The van der Waals surface area contributed by atoms with E-state index in [1.54, 1.807) is 0 Å². The van der Waals surface area contributed by atoms with E-state index < -0.39 is 0 Å². The van der Waals surface area contributed by atoms with Crippen molar-refractivity contribution in [3.63, 3.8) is 0 Å². The Bertz CT molecular complexity index is 137. The maximum Gasteiger partial charge on any atom is 0.114 e. The van der Waals surface area contributed by atoms with E-state index in [1.807, 2.05) is 0 Å². The first-order valence-electron chi connectivity index (χ1n) is 5.38. The Labute approximate surface area is 80.1 Å². The quantitative estimate of drug-likeness (QED) is 0.496. The highest BCUT2D eigenvalue weighted by Gasteiger charge is 2.19. The molecule has 76 valence electrons. The van der Waals surface area contributed by atoms with Crippen molar-refractivity contribution in [3.05, 3.63) is 0 Å². The van der Waals surface area contributed by atoms with E-state index >= 15 is 0 Å². The fourth-order valence-electron chi connectivity index (χ4n) is 2.00. The molecule has 3 N–H and O–H groups in total. The van der Waals surface area contributed by atoms with Gasteiger partial charge in [-0.2, -0.15) is 0 Å². The Balaban J connectivity index is 1.82. The van der Waals surface area contributed by atoms with Crippen molar-refractivity contribution in [2.75, 3.05) is 39.3 Å². The van der Waals surface area contributed by atoms with E-state index in [0.29, 0.717) is 6.29 Å². The first kappa shape index (κ1) is 9.40. The SMILES string of the molecule is C1CCNC(N2CCNCC2)NC1. The summed E-state index contributed by atoms with van der Waals surface area (Å²) in [6, 6.07) is 0. The second-order valence-electron chi connectivity index (χ2n) is 3.80. The molecule has 0 amide bonds. The van der Waals surface area contributed by atoms with Gasteiger partial charge in [0.25, 0.3) is 0 Å². The zero-order chi connectivity index (χ0) is 8.93. The smallest absolute Gasteiger partial charge is 0.114 e. The minimum Gasteiger partial charge on any atom is -0.314 e. The molecule has 0 unspecified atom stereocenters. The molecule has 0 bridgehead atoms. The molecule has 2 aliphatic rings. The Hall–Kier alpha value is -0.160. The van der Waals surface area contributed by atoms with Gasteiger partial charge in [-0.15, -0.1) is 0 Å². The molecule has 13 heavy (non-hydrogen) atoms. The van der Waals surface area contributed by atoms with Gasteiger partial charge in [0.1, 0.15) is 6.29 Å². The van der Waals surface area contributed by atoms with E-state index in [2.05, 4.69) is 20.9 Å². The molecule has 0 saturated carbocycles. The number of rotatable bonds is 1. The van der Waals surface area contributed by atoms with Crippen molar-refractivity contribution in [2.45, 2.75) is 19.1 Å². The monoisotopic (exact) mass is 184 g/mol. The molecule has 2 fully saturated rings. The zero-order valence-electron chi connectivity index (χ0n) is 8.18. The maximum absolute atomic E-state index is 3.54. The molecule has 4 heteroatoms. The molecule has 2 saturated heterocycles. The summed E-state index contributed by atoms with van der Waals surface area (Å²) in [7, 11) is 0. The van der Waals surface area contributed by atoms with Gasteiger partial charge in [0.05, 0.1) is 0 Å². The average Bonchev–Trinajstić information content (AvgIpc) is 2.47. The largest absolute Gasteiger partial charge is 0.314 e. The number of nitrogens with zero attached hydrogens (tertiary/aromatic N) is 1. The highest BCUT2D eigenvalue weighted by Crippen LogP contribution is 2.00. The van der Waals surface area contributed by atoms with Crippen LogP contribution in [0, 0.1) is 0 Å². The lowest BCUT2D eigenvalue weighted by molar-refractivity contribution is 0.125. The molecule has 0 atom stereocenters. The summed E-state index contributed by atoms with van der Waals surface area (Å²) in [6.45, 7) is 6.87. The van der Waals surface area contributed by atoms with Crippen LogP contribution in [0.2, 0.25) is 0 Å². The summed E-state index contributed by atoms with van der Waals surface area (Å²) in [5, 5.41) is 10.4. The highest BCUT2D eigenvalue weighted by atomic mass is 15.4. The van der Waals surface area contributed by atoms with Crippen LogP contribution in [0.4, 0.5) is 0 Å². The lowest BCUT2D eigenvalue weighted by Crippen LogP contribution is -2.59. The number of piperazine rings is 1. The fraction of sp³-hybridized carbons (Fsp3) is 1.00. The molecule has 0 aromatic heterocycles. The van der Waals surface area contributed by atoms with Gasteiger partial charge < -0.3 is 5.32 Å². The summed E-state index contributed by atoms with van der Waals surface area (Å²) in [4.78, 5) is 2.49. The average molecular weight is 184 g/mol. The van der Waals surface area contributed by atoms with Crippen LogP contribution in [0.15, 0.2) is 0 Å². The summed E-state index contributed by atoms with van der Waals surface area (Å²) < 4.78 is 0. The summed E-state index contributed by atoms with van der Waals surface area (Å²) in [6.07, 6.45) is 3.02. The van der Waals surface area contributed by atoms with Crippen LogP contribution < -0.4 is 16.0 Å². The minimum atomic E-state index is 0.421. The molecule has 0 aromatic rings. The van der Waals surface area contributed by atoms with Gasteiger partial charge in [0.15, 0.2) is 0 Å². The second kappa shape index (κ2) is 4.91. The molecule has 2 aliphatic heterocycles. The Morgan fingerprint density at radius 1 is 0.846 bits per heavy atom. The van der Waals surface area contributed by atoms with Crippen LogP contribution in [0.5, 0.6) is 0 Å². The molecular formula is C9H20N4. The first-order chi connectivity index (χ1) is 6.47. The summed E-state index contributed by atoms with van der Waals surface area (Å²) in [5.41, 5.74) is 0. The van der Waals surface area contributed by atoms with Crippen LogP contribution in [0.3, 0.4) is 0 Å². The Kier molecular flexibility index (Phi) is 3.55. The van der Waals surface area contributed by atoms with E-state index in [4.69, 9.17) is 0 Å². The second-order valence-corrected chi connectivity index (χ2v) is 3.80. The van der Waals surface area contributed by atoms with Gasteiger partial charge in [0.2, 0.25) is 0 Å². The van der Waals surface area contributed by atoms with E-state index in [-0.39, 0.29) is 0 Å². The van der Waals surface area contributed by atoms with Crippen molar-refractivity contribution in [2.24, 2.45) is 0 Å². The van der Waals surface area contributed by atoms with Crippen LogP contribution in [-0.2, 0) is 0 Å². The third-order valence-electron chi connectivity index (χ3n) is 2.80. The predicted octanol–water partition coefficient (Wildman–Crippen LogP) is -0.852. The van der Waals surface area contributed by atoms with E-state index in [1.165, 1.54) is 12.8 Å². The molecule has 0 spiro atoms. The van der Waals surface area contributed by atoms with E-state index in [9.17, 15) is 0 Å². The van der Waals surface area contributed by atoms with Crippen molar-refractivity contribution in [3.8, 4) is 0 Å². The van der Waals surface area contributed by atoms with Gasteiger partial charge in [0, 0.05) is 26.2 Å². The number of nitrogens with one attached hydrogen (secondary N) is 3. The Morgan fingerprint density at radius 2 is 1.46 bits per heavy atom. The standard InChI is InChI=1S/C9H20N4/c1-2-4-12-9(11-3-1)13-7-5-10-6-8-13/h9-12H,1-8H2. The topological polar surface area (TPSA) is 39.3 Å². The number of hydrogen-bond donors (Lipinski definition) is 3. The normalized spacial score (nSPS) is 28.6. The van der Waals surface area contributed by atoms with Crippen molar-refractivity contribution < 1.29 is 0 Å². The highest BCUT2D eigenvalue weighted by molar-refractivity contribution is 4.75. The number of hydrogen-bond acceptors (Lipinski definition) is 4. The van der Waals surface area contributed by atoms with E-state index in [0.717, 1.165) is 39.3 Å². The Morgan fingerprint density at radius 3 is 2.08 bits per heavy atom. The van der Waals surface area contributed by atoms with Gasteiger partial charge in [-0.1, -0.05) is 0 Å². The third kappa shape index (κ3) is 2.64. The summed E-state index contributed by atoms with van der Waals surface area (Å²) >= 11 is 0. The maximum atomic E-state index is 3.54. The van der Waals surface area contributed by atoms with Crippen LogP contribution >= 0.6 is 0 Å². The molecule has 2 heterocycles. The minimum absolute atomic E-state index is 0.421. The van der Waals surface area contributed by atoms with Gasteiger partial charge in [-0.25, -0.2) is 0 Å². The lowest BCUT2D eigenvalue weighted by Gasteiger charge is -2.34. The van der Waals surface area contributed by atoms with Crippen molar-refractivity contribution in [1.29, 1.82) is 0 Å². The first-order valence-corrected chi connectivity index (χ1v) is 5.38. The van der Waals surface area contributed by atoms with Gasteiger partial charge in [-0.3, -0.25) is 15.5 Å². The van der Waals surface area contributed by atoms with Crippen molar-refractivity contribution in [1.82, 2.24) is 20.9 Å². The molecule has 0 aromatic carbocycles. The molecule has 2 rings (SSSR count). The fourth-order valence-corrected chi connectivity index (χ4v) is 2.00. The zero-order valence-corrected chi connectivity index (χ0v) is 8.18. The molecule has 0 radical (unpaired) electrons. The third-order valence-corrected chi connectivity index (χ3v) is 2.80. The van der Waals surface area contributed by atoms with Crippen molar-refractivity contribution >= 4 is 0 Å². The lowest BCUT2D eigenvalue weighted by atomic mass is 10.3. The molecule has 0 aliphatic carbocycles. The molecular weight excluding hydrogens is 164 g/mol. The van der Waals surface area contributed by atoms with Gasteiger partial charge in [-0.05, 0) is 25.9 Å². The van der Waals surface area contributed by atoms with Crippen LogP contribution in [0.25, 0.3) is 0 Å². The van der Waals surface area contributed by atoms with Crippen LogP contribution in [0.1, 0.15) is 12.8 Å². The molecule has 4 nitrogen and oxygen atoms in total. The summed E-state index contributed by atoms with van der Waals surface area (Å²) in [5.74, 6) is 0. The van der Waals surface area contributed by atoms with Crippen LogP contribution in [-0.4, -0.2) is 50.5 Å². The predicted molar refractivity (Wildman–Crippen MR) is 53.5 cm³/mol. The van der Waals surface area contributed by atoms with Gasteiger partial charge >= 0.3 is 0 Å².